The van der Waals surface area contributed by atoms with E-state index in [4.69, 9.17) is 24.4 Å². The van der Waals surface area contributed by atoms with Crippen LogP contribution in [0.15, 0.2) is 43.2 Å². The second-order valence-corrected chi connectivity index (χ2v) is 10.1. The molecule has 1 aliphatic heterocycles. The van der Waals surface area contributed by atoms with Gasteiger partial charge in [0.2, 0.25) is 5.88 Å². The van der Waals surface area contributed by atoms with Crippen molar-refractivity contribution < 1.29 is 24.1 Å². The van der Waals surface area contributed by atoms with Crippen LogP contribution < -0.4 is 4.74 Å². The highest BCUT2D eigenvalue weighted by Gasteiger charge is 2.21. The summed E-state index contributed by atoms with van der Waals surface area (Å²) in [5, 5.41) is 19.3. The molecule has 0 radical (unpaired) electrons. The van der Waals surface area contributed by atoms with Gasteiger partial charge in [-0.05, 0) is 71.7 Å². The van der Waals surface area contributed by atoms with Crippen LogP contribution in [-0.2, 0) is 23.1 Å². The Bertz CT molecular complexity index is 1470. The SMILES string of the molecule is C=Cc1nn(C2CCCCO2)c2ccc(-c3cnn(C)c3COCCOc3ncc(C(=O)O)cc3I)cc12. The van der Waals surface area contributed by atoms with E-state index in [0.717, 1.165) is 59.3 Å². The minimum absolute atomic E-state index is 0.0519. The standard InChI is InChI=1S/C27H28IN5O5/c1-3-22-19-12-17(7-8-23(19)33(31-22)25-6-4-5-9-37-25)20-15-30-32(2)24(20)16-36-10-11-38-26-21(28)13-18(14-29-26)27(34)35/h3,7-8,12-15,25H,1,4-6,9-11,16H2,2H3,(H,34,35). The Morgan fingerprint density at radius 1 is 1.29 bits per heavy atom. The van der Waals surface area contributed by atoms with Gasteiger partial charge in [-0.25, -0.2) is 14.5 Å². The van der Waals surface area contributed by atoms with Crippen molar-refractivity contribution in [1.82, 2.24) is 24.5 Å². The minimum atomic E-state index is -1.02. The zero-order valence-corrected chi connectivity index (χ0v) is 23.1. The third-order valence-electron chi connectivity index (χ3n) is 6.49. The number of aryl methyl sites for hydroxylation is 1. The summed E-state index contributed by atoms with van der Waals surface area (Å²) in [5.41, 5.74) is 4.90. The van der Waals surface area contributed by atoms with Crippen molar-refractivity contribution in [2.75, 3.05) is 19.8 Å². The number of pyridine rings is 1. The third kappa shape index (κ3) is 5.45. The fraction of sp³-hybridized carbons (Fsp3) is 0.333. The monoisotopic (exact) mass is 629 g/mol. The van der Waals surface area contributed by atoms with Crippen molar-refractivity contribution in [3.8, 4) is 17.0 Å². The molecular weight excluding hydrogens is 601 g/mol. The fourth-order valence-electron chi connectivity index (χ4n) is 4.51. The number of nitrogens with zero attached hydrogens (tertiary/aromatic N) is 5. The first kappa shape index (κ1) is 26.3. The lowest BCUT2D eigenvalue weighted by Crippen LogP contribution is -2.19. The molecule has 3 aromatic heterocycles. The number of carbonyl (C=O) groups is 1. The van der Waals surface area contributed by atoms with E-state index in [2.05, 4.69) is 34.9 Å². The number of fused-ring (bicyclic) bond motifs is 1. The number of ether oxygens (including phenoxy) is 3. The molecule has 0 bridgehead atoms. The van der Waals surface area contributed by atoms with Crippen LogP contribution in [-0.4, -0.2) is 55.4 Å². The van der Waals surface area contributed by atoms with Gasteiger partial charge in [0.05, 0.1) is 45.4 Å². The molecule has 10 nitrogen and oxygen atoms in total. The average Bonchev–Trinajstić information content (AvgIpc) is 3.49. The van der Waals surface area contributed by atoms with Crippen molar-refractivity contribution in [2.45, 2.75) is 32.1 Å². The van der Waals surface area contributed by atoms with Crippen molar-refractivity contribution in [2.24, 2.45) is 7.05 Å². The van der Waals surface area contributed by atoms with E-state index >= 15 is 0 Å². The fourth-order valence-corrected chi connectivity index (χ4v) is 5.14. The molecule has 1 saturated heterocycles. The zero-order valence-electron chi connectivity index (χ0n) is 21.0. The van der Waals surface area contributed by atoms with Gasteiger partial charge >= 0.3 is 5.97 Å². The van der Waals surface area contributed by atoms with Crippen LogP contribution in [0.4, 0.5) is 0 Å². The van der Waals surface area contributed by atoms with E-state index in [1.807, 2.05) is 45.2 Å². The number of hydrogen-bond acceptors (Lipinski definition) is 7. The Morgan fingerprint density at radius 2 is 2.16 bits per heavy atom. The predicted molar refractivity (Wildman–Crippen MR) is 150 cm³/mol. The maximum absolute atomic E-state index is 11.1. The van der Waals surface area contributed by atoms with E-state index in [1.165, 1.54) is 12.3 Å². The lowest BCUT2D eigenvalue weighted by molar-refractivity contribution is -0.0367. The van der Waals surface area contributed by atoms with E-state index in [0.29, 0.717) is 22.7 Å². The number of hydrogen-bond donors (Lipinski definition) is 1. The first-order valence-corrected chi connectivity index (χ1v) is 13.4. The van der Waals surface area contributed by atoms with Gasteiger partial charge in [-0.3, -0.25) is 4.68 Å². The van der Waals surface area contributed by atoms with E-state index in [1.54, 1.807) is 6.08 Å². The molecule has 0 saturated carbocycles. The number of carboxylic acid groups (broad SMARTS) is 1. The lowest BCUT2D eigenvalue weighted by Gasteiger charge is -2.23. The van der Waals surface area contributed by atoms with Gasteiger partial charge in [0.15, 0.2) is 6.23 Å². The summed E-state index contributed by atoms with van der Waals surface area (Å²) in [6.45, 7) is 5.67. The van der Waals surface area contributed by atoms with Gasteiger partial charge in [-0.1, -0.05) is 12.6 Å². The highest BCUT2D eigenvalue weighted by molar-refractivity contribution is 14.1. The molecule has 11 heteroatoms. The number of aromatic carboxylic acids is 1. The summed E-state index contributed by atoms with van der Waals surface area (Å²) in [6.07, 6.45) is 8.02. The summed E-state index contributed by atoms with van der Waals surface area (Å²) >= 11 is 2.01. The summed E-state index contributed by atoms with van der Waals surface area (Å²) in [7, 11) is 1.89. The van der Waals surface area contributed by atoms with Crippen LogP contribution in [0.2, 0.25) is 0 Å². The molecule has 1 aliphatic rings. The van der Waals surface area contributed by atoms with E-state index in [-0.39, 0.29) is 18.4 Å². The van der Waals surface area contributed by atoms with Crippen LogP contribution >= 0.6 is 22.6 Å². The maximum atomic E-state index is 11.1. The molecule has 0 amide bonds. The van der Waals surface area contributed by atoms with Crippen LogP contribution in [0.3, 0.4) is 0 Å². The van der Waals surface area contributed by atoms with Crippen molar-refractivity contribution in [3.63, 3.8) is 0 Å². The molecule has 1 fully saturated rings. The van der Waals surface area contributed by atoms with Gasteiger partial charge in [0.1, 0.15) is 6.61 Å². The molecule has 1 aromatic carbocycles. The largest absolute Gasteiger partial charge is 0.478 e. The molecule has 0 spiro atoms. The first-order chi connectivity index (χ1) is 18.5. The number of aromatic nitrogens is 5. The maximum Gasteiger partial charge on any atom is 0.337 e. The van der Waals surface area contributed by atoms with E-state index in [9.17, 15) is 4.79 Å². The second-order valence-electron chi connectivity index (χ2n) is 8.93. The molecule has 1 atom stereocenters. The molecular formula is C27H28IN5O5. The molecule has 198 valence electrons. The third-order valence-corrected chi connectivity index (χ3v) is 7.26. The molecule has 4 heterocycles. The summed E-state index contributed by atoms with van der Waals surface area (Å²) in [5.74, 6) is -0.643. The highest BCUT2D eigenvalue weighted by atomic mass is 127. The number of rotatable bonds is 10. The van der Waals surface area contributed by atoms with Crippen molar-refractivity contribution >= 4 is 45.5 Å². The molecule has 4 aromatic rings. The van der Waals surface area contributed by atoms with Crippen molar-refractivity contribution in [3.05, 3.63) is 63.8 Å². The van der Waals surface area contributed by atoms with Gasteiger partial charge in [0.25, 0.3) is 0 Å². The smallest absolute Gasteiger partial charge is 0.337 e. The van der Waals surface area contributed by atoms with Crippen LogP contribution in [0.25, 0.3) is 28.1 Å². The highest BCUT2D eigenvalue weighted by Crippen LogP contribution is 2.33. The number of carboxylic acids is 1. The van der Waals surface area contributed by atoms with Gasteiger partial charge in [-0.15, -0.1) is 0 Å². The quantitative estimate of drug-likeness (QED) is 0.191. The zero-order chi connectivity index (χ0) is 26.6. The lowest BCUT2D eigenvalue weighted by atomic mass is 10.0. The first-order valence-electron chi connectivity index (χ1n) is 12.3. The van der Waals surface area contributed by atoms with Gasteiger partial charge in [-0.2, -0.15) is 10.2 Å². The summed E-state index contributed by atoms with van der Waals surface area (Å²) in [4.78, 5) is 15.2. The Balaban J connectivity index is 1.27. The Hall–Kier alpha value is -3.29. The van der Waals surface area contributed by atoms with Crippen LogP contribution in [0.1, 0.15) is 47.2 Å². The number of halogens is 1. The molecule has 1 unspecified atom stereocenters. The van der Waals surface area contributed by atoms with Crippen LogP contribution in [0, 0.1) is 3.57 Å². The van der Waals surface area contributed by atoms with Gasteiger partial charge < -0.3 is 19.3 Å². The average molecular weight is 629 g/mol. The van der Waals surface area contributed by atoms with Crippen LogP contribution in [0.5, 0.6) is 5.88 Å². The Kier molecular flexibility index (Phi) is 8.05. The molecule has 1 N–H and O–H groups in total. The minimum Gasteiger partial charge on any atom is -0.478 e. The summed E-state index contributed by atoms with van der Waals surface area (Å²) in [6, 6.07) is 7.80. The predicted octanol–water partition coefficient (Wildman–Crippen LogP) is 5.07. The van der Waals surface area contributed by atoms with Crippen molar-refractivity contribution in [1.29, 1.82) is 0 Å². The number of benzene rings is 1. The Labute approximate surface area is 233 Å². The molecule has 0 aliphatic carbocycles. The molecule has 5 rings (SSSR count). The topological polar surface area (TPSA) is 114 Å². The van der Waals surface area contributed by atoms with Gasteiger partial charge in [0, 0.05) is 30.8 Å². The van der Waals surface area contributed by atoms with E-state index < -0.39 is 5.97 Å². The summed E-state index contributed by atoms with van der Waals surface area (Å²) < 4.78 is 22.0. The normalized spacial score (nSPS) is 15.6. The molecule has 38 heavy (non-hydrogen) atoms. The Morgan fingerprint density at radius 3 is 2.89 bits per heavy atom. The second kappa shape index (κ2) is 11.6.